The Hall–Kier alpha value is -2.63. The van der Waals surface area contributed by atoms with Crippen LogP contribution in [0.25, 0.3) is 0 Å². The Balaban J connectivity index is 1.94. The van der Waals surface area contributed by atoms with Crippen molar-refractivity contribution in [2.45, 2.75) is 13.5 Å². The van der Waals surface area contributed by atoms with Crippen molar-refractivity contribution in [2.75, 3.05) is 7.11 Å². The van der Waals surface area contributed by atoms with Crippen molar-refractivity contribution in [3.8, 4) is 0 Å². The van der Waals surface area contributed by atoms with Gasteiger partial charge >= 0.3 is 5.97 Å². The first-order valence-electron chi connectivity index (χ1n) is 6.07. The maximum absolute atomic E-state index is 11.8. The standard InChI is InChI=1S/C14H15N3O3/c1-9-7-12(17-16-9)13(18)15-8-10-3-5-11(6-4-10)14(19)20-2/h3-7H,8H2,1-2H3,(H,15,18)(H,16,17). The number of esters is 1. The Bertz CT molecular complexity index is 617. The first-order chi connectivity index (χ1) is 9.60. The van der Waals surface area contributed by atoms with Crippen molar-refractivity contribution in [2.24, 2.45) is 0 Å². The summed E-state index contributed by atoms with van der Waals surface area (Å²) in [5.74, 6) is -0.626. The maximum atomic E-state index is 11.8. The van der Waals surface area contributed by atoms with E-state index in [1.54, 1.807) is 30.3 Å². The van der Waals surface area contributed by atoms with Crippen LogP contribution in [0.4, 0.5) is 0 Å². The van der Waals surface area contributed by atoms with Gasteiger partial charge in [0.05, 0.1) is 12.7 Å². The third-order valence-electron chi connectivity index (χ3n) is 2.77. The fourth-order valence-corrected chi connectivity index (χ4v) is 1.68. The molecule has 1 aromatic carbocycles. The molecule has 0 aliphatic carbocycles. The summed E-state index contributed by atoms with van der Waals surface area (Å²) in [6.45, 7) is 2.20. The van der Waals surface area contributed by atoms with Crippen LogP contribution in [-0.2, 0) is 11.3 Å². The lowest BCUT2D eigenvalue weighted by Gasteiger charge is -2.04. The summed E-state index contributed by atoms with van der Waals surface area (Å²) < 4.78 is 4.61. The molecule has 20 heavy (non-hydrogen) atoms. The molecule has 0 aliphatic rings. The van der Waals surface area contributed by atoms with E-state index in [9.17, 15) is 9.59 Å². The SMILES string of the molecule is COC(=O)c1ccc(CNC(=O)c2cc(C)[nH]n2)cc1. The Morgan fingerprint density at radius 3 is 2.55 bits per heavy atom. The molecule has 0 aliphatic heterocycles. The van der Waals surface area contributed by atoms with Gasteiger partial charge in [0.1, 0.15) is 5.69 Å². The molecule has 0 atom stereocenters. The molecule has 0 radical (unpaired) electrons. The number of methoxy groups -OCH3 is 1. The Morgan fingerprint density at radius 1 is 1.30 bits per heavy atom. The van der Waals surface area contributed by atoms with Gasteiger partial charge < -0.3 is 10.1 Å². The highest BCUT2D eigenvalue weighted by atomic mass is 16.5. The number of aryl methyl sites for hydroxylation is 1. The molecule has 1 amide bonds. The number of hydrogen-bond donors (Lipinski definition) is 2. The zero-order valence-corrected chi connectivity index (χ0v) is 11.3. The van der Waals surface area contributed by atoms with E-state index >= 15 is 0 Å². The number of ether oxygens (including phenoxy) is 1. The molecule has 1 aromatic heterocycles. The van der Waals surface area contributed by atoms with Crippen molar-refractivity contribution in [1.82, 2.24) is 15.5 Å². The van der Waals surface area contributed by atoms with Crippen molar-refractivity contribution in [3.05, 3.63) is 52.8 Å². The molecule has 104 valence electrons. The smallest absolute Gasteiger partial charge is 0.337 e. The van der Waals surface area contributed by atoms with Crippen LogP contribution < -0.4 is 5.32 Å². The van der Waals surface area contributed by atoms with Crippen LogP contribution in [0.1, 0.15) is 32.1 Å². The predicted octanol–water partition coefficient (Wildman–Crippen LogP) is 1.43. The summed E-state index contributed by atoms with van der Waals surface area (Å²) >= 11 is 0. The summed E-state index contributed by atoms with van der Waals surface area (Å²) in [5.41, 5.74) is 2.55. The summed E-state index contributed by atoms with van der Waals surface area (Å²) in [6.07, 6.45) is 0. The number of carbonyl (C=O) groups excluding carboxylic acids is 2. The molecule has 2 aromatic rings. The second-order valence-electron chi connectivity index (χ2n) is 4.31. The zero-order chi connectivity index (χ0) is 14.5. The van der Waals surface area contributed by atoms with Crippen LogP contribution in [0.3, 0.4) is 0 Å². The van der Waals surface area contributed by atoms with Gasteiger partial charge in [-0.15, -0.1) is 0 Å². The molecule has 0 unspecified atom stereocenters. The first-order valence-corrected chi connectivity index (χ1v) is 6.07. The second-order valence-corrected chi connectivity index (χ2v) is 4.31. The van der Waals surface area contributed by atoms with Crippen LogP contribution in [0.5, 0.6) is 0 Å². The minimum Gasteiger partial charge on any atom is -0.465 e. The van der Waals surface area contributed by atoms with E-state index in [0.29, 0.717) is 17.8 Å². The van der Waals surface area contributed by atoms with Crippen LogP contribution in [-0.4, -0.2) is 29.2 Å². The van der Waals surface area contributed by atoms with Crippen LogP contribution in [0.15, 0.2) is 30.3 Å². The Labute approximate surface area is 116 Å². The minimum absolute atomic E-state index is 0.244. The number of amides is 1. The maximum Gasteiger partial charge on any atom is 0.337 e. The van der Waals surface area contributed by atoms with E-state index in [4.69, 9.17) is 0 Å². The minimum atomic E-state index is -0.382. The summed E-state index contributed by atoms with van der Waals surface area (Å²) in [5, 5.41) is 9.34. The highest BCUT2D eigenvalue weighted by molar-refractivity contribution is 5.92. The normalized spacial score (nSPS) is 10.1. The molecule has 6 nitrogen and oxygen atoms in total. The first kappa shape index (κ1) is 13.8. The number of nitrogens with one attached hydrogen (secondary N) is 2. The summed E-state index contributed by atoms with van der Waals surface area (Å²) in [4.78, 5) is 23.1. The molecule has 2 N–H and O–H groups in total. The quantitative estimate of drug-likeness (QED) is 0.825. The Kier molecular flexibility index (Phi) is 4.14. The van der Waals surface area contributed by atoms with Gasteiger partial charge in [0.15, 0.2) is 0 Å². The average molecular weight is 273 g/mol. The van der Waals surface area contributed by atoms with Crippen LogP contribution in [0, 0.1) is 6.92 Å². The van der Waals surface area contributed by atoms with Gasteiger partial charge in [-0.2, -0.15) is 5.10 Å². The van der Waals surface area contributed by atoms with E-state index < -0.39 is 0 Å². The Morgan fingerprint density at radius 2 is 2.00 bits per heavy atom. The molecule has 6 heteroatoms. The highest BCUT2D eigenvalue weighted by Gasteiger charge is 2.09. The lowest BCUT2D eigenvalue weighted by molar-refractivity contribution is 0.0600. The molecule has 2 rings (SSSR count). The highest BCUT2D eigenvalue weighted by Crippen LogP contribution is 2.06. The largest absolute Gasteiger partial charge is 0.465 e. The van der Waals surface area contributed by atoms with Gasteiger partial charge in [-0.3, -0.25) is 9.89 Å². The van der Waals surface area contributed by atoms with Gasteiger partial charge in [0, 0.05) is 12.2 Å². The fraction of sp³-hybridized carbons (Fsp3) is 0.214. The number of rotatable bonds is 4. The molecular formula is C14H15N3O3. The molecule has 1 heterocycles. The third-order valence-corrected chi connectivity index (χ3v) is 2.77. The van der Waals surface area contributed by atoms with Gasteiger partial charge in [-0.1, -0.05) is 12.1 Å². The van der Waals surface area contributed by atoms with E-state index in [0.717, 1.165) is 11.3 Å². The van der Waals surface area contributed by atoms with E-state index in [-0.39, 0.29) is 11.9 Å². The number of carbonyl (C=O) groups is 2. The monoisotopic (exact) mass is 273 g/mol. The van der Waals surface area contributed by atoms with E-state index in [1.807, 2.05) is 6.92 Å². The molecule has 0 spiro atoms. The third kappa shape index (κ3) is 3.23. The summed E-state index contributed by atoms with van der Waals surface area (Å²) in [7, 11) is 1.34. The van der Waals surface area contributed by atoms with Crippen molar-refractivity contribution in [1.29, 1.82) is 0 Å². The van der Waals surface area contributed by atoms with Crippen molar-refractivity contribution >= 4 is 11.9 Å². The number of aromatic nitrogens is 2. The van der Waals surface area contributed by atoms with Crippen LogP contribution in [0.2, 0.25) is 0 Å². The molecule has 0 saturated heterocycles. The molecular weight excluding hydrogens is 258 g/mol. The number of hydrogen-bond acceptors (Lipinski definition) is 4. The predicted molar refractivity (Wildman–Crippen MR) is 72.3 cm³/mol. The van der Waals surface area contributed by atoms with Gasteiger partial charge in [0.25, 0.3) is 5.91 Å². The fourth-order valence-electron chi connectivity index (χ4n) is 1.68. The van der Waals surface area contributed by atoms with E-state index in [1.165, 1.54) is 7.11 Å². The molecule has 0 bridgehead atoms. The van der Waals surface area contributed by atoms with Gasteiger partial charge in [0.2, 0.25) is 0 Å². The second kappa shape index (κ2) is 6.01. The van der Waals surface area contributed by atoms with E-state index in [2.05, 4.69) is 20.3 Å². The topological polar surface area (TPSA) is 84.1 Å². The van der Waals surface area contributed by atoms with Gasteiger partial charge in [-0.25, -0.2) is 4.79 Å². The number of benzene rings is 1. The van der Waals surface area contributed by atoms with Crippen LogP contribution >= 0.6 is 0 Å². The molecule has 0 fully saturated rings. The van der Waals surface area contributed by atoms with Crippen molar-refractivity contribution < 1.29 is 14.3 Å². The lowest BCUT2D eigenvalue weighted by Crippen LogP contribution is -2.23. The lowest BCUT2D eigenvalue weighted by atomic mass is 10.1. The zero-order valence-electron chi connectivity index (χ0n) is 11.3. The number of aromatic amines is 1. The number of H-pyrrole nitrogens is 1. The van der Waals surface area contributed by atoms with Crippen molar-refractivity contribution in [3.63, 3.8) is 0 Å². The summed E-state index contributed by atoms with van der Waals surface area (Å²) in [6, 6.07) is 8.53. The number of nitrogens with zero attached hydrogens (tertiary/aromatic N) is 1. The van der Waals surface area contributed by atoms with Gasteiger partial charge in [-0.05, 0) is 30.7 Å². The molecule has 0 saturated carbocycles. The average Bonchev–Trinajstić information content (AvgIpc) is 2.91.